The maximum absolute atomic E-state index is 5.46. The minimum absolute atomic E-state index is 0.321. The standard InChI is InChI=1S/C14H22N2O2/c1-11(2)15-7-13-5-6-14(8-16-13)18-10-17-9-12-3-4-12/h5-6,8,11-12,15H,3-4,7,9-10H2,1-2H3. The molecule has 18 heavy (non-hydrogen) atoms. The number of nitrogens with zero attached hydrogens (tertiary/aromatic N) is 1. The lowest BCUT2D eigenvalue weighted by Crippen LogP contribution is -2.22. The lowest BCUT2D eigenvalue weighted by molar-refractivity contribution is 0.00977. The average molecular weight is 250 g/mol. The molecule has 1 N–H and O–H groups in total. The summed E-state index contributed by atoms with van der Waals surface area (Å²) in [5, 5.41) is 3.32. The van der Waals surface area contributed by atoms with Crippen molar-refractivity contribution in [2.24, 2.45) is 5.92 Å². The largest absolute Gasteiger partial charge is 0.466 e. The van der Waals surface area contributed by atoms with Gasteiger partial charge >= 0.3 is 0 Å². The van der Waals surface area contributed by atoms with E-state index in [1.165, 1.54) is 12.8 Å². The molecule has 0 bridgehead atoms. The fourth-order valence-electron chi connectivity index (χ4n) is 1.52. The first-order valence-corrected chi connectivity index (χ1v) is 6.63. The van der Waals surface area contributed by atoms with Gasteiger partial charge in [0.25, 0.3) is 0 Å². The van der Waals surface area contributed by atoms with Gasteiger partial charge in [-0.05, 0) is 30.9 Å². The molecule has 0 amide bonds. The molecule has 1 aliphatic carbocycles. The van der Waals surface area contributed by atoms with E-state index < -0.39 is 0 Å². The van der Waals surface area contributed by atoms with Crippen LogP contribution in [0.4, 0.5) is 0 Å². The predicted octanol–water partition coefficient (Wildman–Crippen LogP) is 2.34. The van der Waals surface area contributed by atoms with Crippen LogP contribution in [0, 0.1) is 5.92 Å². The number of nitrogens with one attached hydrogen (secondary N) is 1. The van der Waals surface area contributed by atoms with Crippen LogP contribution in [0.15, 0.2) is 18.3 Å². The molecule has 2 rings (SSSR count). The molecular formula is C14H22N2O2. The van der Waals surface area contributed by atoms with Crippen molar-refractivity contribution in [3.63, 3.8) is 0 Å². The van der Waals surface area contributed by atoms with Crippen LogP contribution in [-0.4, -0.2) is 24.4 Å². The lowest BCUT2D eigenvalue weighted by atomic mass is 10.3. The van der Waals surface area contributed by atoms with Crippen LogP contribution >= 0.6 is 0 Å². The van der Waals surface area contributed by atoms with Crippen LogP contribution in [0.1, 0.15) is 32.4 Å². The molecule has 4 heteroatoms. The van der Waals surface area contributed by atoms with Gasteiger partial charge in [0.2, 0.25) is 0 Å². The van der Waals surface area contributed by atoms with E-state index in [4.69, 9.17) is 9.47 Å². The summed E-state index contributed by atoms with van der Waals surface area (Å²) in [6.07, 6.45) is 4.36. The van der Waals surface area contributed by atoms with Crippen LogP contribution < -0.4 is 10.1 Å². The van der Waals surface area contributed by atoms with Gasteiger partial charge in [0.1, 0.15) is 5.75 Å². The highest BCUT2D eigenvalue weighted by Gasteiger charge is 2.21. The Morgan fingerprint density at radius 1 is 1.39 bits per heavy atom. The van der Waals surface area contributed by atoms with Gasteiger partial charge in [0.05, 0.1) is 18.5 Å². The highest BCUT2D eigenvalue weighted by Crippen LogP contribution is 2.28. The van der Waals surface area contributed by atoms with Crippen molar-refractivity contribution in [1.29, 1.82) is 0 Å². The summed E-state index contributed by atoms with van der Waals surface area (Å²) in [5.41, 5.74) is 1.02. The molecule has 1 heterocycles. The number of rotatable bonds is 8. The van der Waals surface area contributed by atoms with E-state index in [9.17, 15) is 0 Å². The number of ether oxygens (including phenoxy) is 2. The molecule has 1 aliphatic rings. The van der Waals surface area contributed by atoms with Crippen LogP contribution in [0.2, 0.25) is 0 Å². The molecule has 4 nitrogen and oxygen atoms in total. The SMILES string of the molecule is CC(C)NCc1ccc(OCOCC2CC2)cn1. The summed E-state index contributed by atoms with van der Waals surface area (Å²) in [6, 6.07) is 4.38. The van der Waals surface area contributed by atoms with E-state index in [1.807, 2.05) is 12.1 Å². The molecule has 0 saturated heterocycles. The van der Waals surface area contributed by atoms with Crippen molar-refractivity contribution in [2.45, 2.75) is 39.3 Å². The third-order valence-corrected chi connectivity index (χ3v) is 2.85. The van der Waals surface area contributed by atoms with E-state index in [0.717, 1.165) is 30.5 Å². The molecule has 1 fully saturated rings. The van der Waals surface area contributed by atoms with E-state index in [0.29, 0.717) is 12.8 Å². The first kappa shape index (κ1) is 13.3. The van der Waals surface area contributed by atoms with Crippen LogP contribution in [-0.2, 0) is 11.3 Å². The summed E-state index contributed by atoms with van der Waals surface area (Å²) in [4.78, 5) is 4.33. The fraction of sp³-hybridized carbons (Fsp3) is 0.643. The summed E-state index contributed by atoms with van der Waals surface area (Å²) in [7, 11) is 0. The predicted molar refractivity (Wildman–Crippen MR) is 70.4 cm³/mol. The molecule has 100 valence electrons. The maximum Gasteiger partial charge on any atom is 0.189 e. The van der Waals surface area contributed by atoms with Gasteiger partial charge in [-0.1, -0.05) is 13.8 Å². The smallest absolute Gasteiger partial charge is 0.189 e. The van der Waals surface area contributed by atoms with Crippen molar-refractivity contribution in [2.75, 3.05) is 13.4 Å². The number of pyridine rings is 1. The van der Waals surface area contributed by atoms with Crippen LogP contribution in [0.5, 0.6) is 5.75 Å². The summed E-state index contributed by atoms with van der Waals surface area (Å²) < 4.78 is 10.9. The Hall–Kier alpha value is -1.13. The Labute approximate surface area is 109 Å². The maximum atomic E-state index is 5.46. The molecule has 0 spiro atoms. The second-order valence-electron chi connectivity index (χ2n) is 5.10. The summed E-state index contributed by atoms with van der Waals surface area (Å²) >= 11 is 0. The Morgan fingerprint density at radius 3 is 2.83 bits per heavy atom. The van der Waals surface area contributed by atoms with Gasteiger partial charge < -0.3 is 14.8 Å². The second kappa shape index (κ2) is 6.71. The van der Waals surface area contributed by atoms with Gasteiger partial charge in [0.15, 0.2) is 6.79 Å². The molecular weight excluding hydrogens is 228 g/mol. The first-order valence-electron chi connectivity index (χ1n) is 6.63. The molecule has 0 unspecified atom stereocenters. The minimum Gasteiger partial charge on any atom is -0.466 e. The third kappa shape index (κ3) is 5.02. The quantitative estimate of drug-likeness (QED) is 0.568. The van der Waals surface area contributed by atoms with Crippen molar-refractivity contribution >= 4 is 0 Å². The summed E-state index contributed by atoms with van der Waals surface area (Å²) in [5.74, 6) is 1.54. The molecule has 1 aromatic heterocycles. The van der Waals surface area contributed by atoms with Gasteiger partial charge in [-0.2, -0.15) is 0 Å². The second-order valence-corrected chi connectivity index (χ2v) is 5.10. The van der Waals surface area contributed by atoms with Gasteiger partial charge in [-0.3, -0.25) is 4.98 Å². The normalized spacial score (nSPS) is 15.1. The van der Waals surface area contributed by atoms with Crippen molar-refractivity contribution in [1.82, 2.24) is 10.3 Å². The fourth-order valence-corrected chi connectivity index (χ4v) is 1.52. The number of hydrogen-bond acceptors (Lipinski definition) is 4. The van der Waals surface area contributed by atoms with E-state index in [1.54, 1.807) is 6.20 Å². The molecule has 1 saturated carbocycles. The highest BCUT2D eigenvalue weighted by molar-refractivity contribution is 5.19. The Balaban J connectivity index is 1.65. The highest BCUT2D eigenvalue weighted by atomic mass is 16.7. The van der Waals surface area contributed by atoms with Crippen molar-refractivity contribution in [3.05, 3.63) is 24.0 Å². The van der Waals surface area contributed by atoms with E-state index in [2.05, 4.69) is 24.1 Å². The lowest BCUT2D eigenvalue weighted by Gasteiger charge is -2.09. The van der Waals surface area contributed by atoms with Crippen LogP contribution in [0.25, 0.3) is 0 Å². The minimum atomic E-state index is 0.321. The van der Waals surface area contributed by atoms with Gasteiger partial charge in [-0.15, -0.1) is 0 Å². The monoisotopic (exact) mass is 250 g/mol. The average Bonchev–Trinajstić information content (AvgIpc) is 3.17. The number of hydrogen-bond donors (Lipinski definition) is 1. The number of aromatic nitrogens is 1. The molecule has 0 aromatic carbocycles. The van der Waals surface area contributed by atoms with Crippen LogP contribution in [0.3, 0.4) is 0 Å². The zero-order chi connectivity index (χ0) is 12.8. The first-order chi connectivity index (χ1) is 8.74. The Morgan fingerprint density at radius 2 is 2.22 bits per heavy atom. The Bertz CT molecular complexity index is 347. The van der Waals surface area contributed by atoms with Gasteiger partial charge in [-0.25, -0.2) is 0 Å². The zero-order valence-electron chi connectivity index (χ0n) is 11.2. The third-order valence-electron chi connectivity index (χ3n) is 2.85. The van der Waals surface area contributed by atoms with Crippen molar-refractivity contribution in [3.8, 4) is 5.75 Å². The molecule has 1 aromatic rings. The summed E-state index contributed by atoms with van der Waals surface area (Å²) in [6.45, 7) is 6.17. The Kier molecular flexibility index (Phi) is 4.96. The zero-order valence-corrected chi connectivity index (χ0v) is 11.2. The molecule has 0 radical (unpaired) electrons. The van der Waals surface area contributed by atoms with Gasteiger partial charge in [0, 0.05) is 12.6 Å². The molecule has 0 aliphatic heterocycles. The van der Waals surface area contributed by atoms with E-state index in [-0.39, 0.29) is 0 Å². The van der Waals surface area contributed by atoms with E-state index >= 15 is 0 Å². The van der Waals surface area contributed by atoms with Crippen molar-refractivity contribution < 1.29 is 9.47 Å². The molecule has 0 atom stereocenters. The topological polar surface area (TPSA) is 43.4 Å².